The molecule has 1 aliphatic rings. The number of benzene rings is 1. The highest BCUT2D eigenvalue weighted by atomic mass is 35.5. The minimum Gasteiger partial charge on any atom is -0.494 e. The highest BCUT2D eigenvalue weighted by Gasteiger charge is 2.32. The van der Waals surface area contributed by atoms with Gasteiger partial charge in [-0.2, -0.15) is 0 Å². The number of amides is 1. The van der Waals surface area contributed by atoms with E-state index in [1.807, 2.05) is 0 Å². The van der Waals surface area contributed by atoms with Crippen LogP contribution in [0.1, 0.15) is 10.4 Å². The number of anilines is 1. The van der Waals surface area contributed by atoms with E-state index in [1.165, 1.54) is 7.11 Å². The van der Waals surface area contributed by atoms with Crippen molar-refractivity contribution in [2.75, 3.05) is 12.4 Å². The molecular weight excluding hydrogens is 206 g/mol. The highest BCUT2D eigenvalue weighted by molar-refractivity contribution is 6.53. The number of hydrogen-bond acceptors (Lipinski definition) is 3. The van der Waals surface area contributed by atoms with Gasteiger partial charge < -0.3 is 10.1 Å². The minimum absolute atomic E-state index is 0.213. The topological polar surface area (TPSA) is 55.4 Å². The van der Waals surface area contributed by atoms with Gasteiger partial charge in [-0.25, -0.2) is 0 Å². The predicted molar refractivity (Wildman–Crippen MR) is 51.0 cm³/mol. The summed E-state index contributed by atoms with van der Waals surface area (Å²) < 4.78 is 4.96. The largest absolute Gasteiger partial charge is 0.494 e. The number of carbonyl (C=O) groups excluding carboxylic acids is 2. The number of ketones is 1. The molecule has 0 spiro atoms. The van der Waals surface area contributed by atoms with Crippen LogP contribution in [0.4, 0.5) is 5.69 Å². The second-order valence-corrected chi connectivity index (χ2v) is 3.19. The van der Waals surface area contributed by atoms with Crippen LogP contribution in [0.3, 0.4) is 0 Å². The first-order chi connectivity index (χ1) is 6.65. The van der Waals surface area contributed by atoms with Crippen molar-refractivity contribution in [3.8, 4) is 5.75 Å². The third-order valence-electron chi connectivity index (χ3n) is 2.00. The van der Waals surface area contributed by atoms with E-state index in [2.05, 4.69) is 5.32 Å². The molecule has 0 saturated heterocycles. The van der Waals surface area contributed by atoms with Gasteiger partial charge in [0.05, 0.1) is 23.4 Å². The summed E-state index contributed by atoms with van der Waals surface area (Å²) in [5, 5.41) is 2.74. The van der Waals surface area contributed by atoms with E-state index in [9.17, 15) is 9.59 Å². The van der Waals surface area contributed by atoms with Gasteiger partial charge in [-0.3, -0.25) is 9.59 Å². The zero-order valence-corrected chi connectivity index (χ0v) is 8.01. The molecule has 1 aliphatic heterocycles. The Morgan fingerprint density at radius 2 is 2.07 bits per heavy atom. The van der Waals surface area contributed by atoms with Crippen molar-refractivity contribution < 1.29 is 14.3 Å². The molecule has 72 valence electrons. The smallest absolute Gasteiger partial charge is 0.297 e. The molecule has 0 fully saturated rings. The van der Waals surface area contributed by atoms with Gasteiger partial charge in [-0.1, -0.05) is 11.6 Å². The van der Waals surface area contributed by atoms with Crippen molar-refractivity contribution in [2.45, 2.75) is 0 Å². The van der Waals surface area contributed by atoms with Crippen molar-refractivity contribution in [3.63, 3.8) is 0 Å². The Bertz CT molecular complexity index is 442. The fourth-order valence-corrected chi connectivity index (χ4v) is 1.61. The molecule has 1 N–H and O–H groups in total. The van der Waals surface area contributed by atoms with Crippen LogP contribution in [-0.2, 0) is 4.79 Å². The van der Waals surface area contributed by atoms with Gasteiger partial charge in [-0.05, 0) is 12.1 Å². The van der Waals surface area contributed by atoms with Crippen LogP contribution in [-0.4, -0.2) is 18.8 Å². The lowest BCUT2D eigenvalue weighted by Crippen LogP contribution is -2.12. The molecule has 1 aromatic rings. The molecule has 1 heterocycles. The molecule has 0 aliphatic carbocycles. The van der Waals surface area contributed by atoms with Crippen LogP contribution in [0.2, 0.25) is 5.02 Å². The quantitative estimate of drug-likeness (QED) is 0.716. The molecule has 0 saturated carbocycles. The SMILES string of the molecule is COc1c(Cl)ccc2c1C(=O)C(=O)N2. The summed E-state index contributed by atoms with van der Waals surface area (Å²) in [7, 11) is 1.40. The van der Waals surface area contributed by atoms with Gasteiger partial charge in [0.15, 0.2) is 5.75 Å². The van der Waals surface area contributed by atoms with Crippen molar-refractivity contribution in [2.24, 2.45) is 0 Å². The van der Waals surface area contributed by atoms with Crippen molar-refractivity contribution in [3.05, 3.63) is 22.7 Å². The van der Waals surface area contributed by atoms with Gasteiger partial charge >= 0.3 is 0 Å². The first kappa shape index (κ1) is 9.02. The monoisotopic (exact) mass is 211 g/mol. The number of hydrogen-bond donors (Lipinski definition) is 1. The van der Waals surface area contributed by atoms with Crippen LogP contribution >= 0.6 is 11.6 Å². The Hall–Kier alpha value is -1.55. The fraction of sp³-hybridized carbons (Fsp3) is 0.111. The molecule has 5 heteroatoms. The number of halogens is 1. The molecular formula is C9H6ClNO3. The second kappa shape index (κ2) is 2.99. The first-order valence-electron chi connectivity index (χ1n) is 3.87. The number of Topliss-reactive ketones (excluding diaryl/α,β-unsaturated/α-hetero) is 1. The molecule has 0 radical (unpaired) electrons. The van der Waals surface area contributed by atoms with Crippen LogP contribution < -0.4 is 10.1 Å². The van der Waals surface area contributed by atoms with E-state index in [0.717, 1.165) is 0 Å². The third kappa shape index (κ3) is 1.08. The summed E-state index contributed by atoms with van der Waals surface area (Å²) >= 11 is 5.80. The normalized spacial score (nSPS) is 13.9. The Morgan fingerprint density at radius 3 is 2.71 bits per heavy atom. The molecule has 1 amide bonds. The van der Waals surface area contributed by atoms with Crippen LogP contribution in [0, 0.1) is 0 Å². The van der Waals surface area contributed by atoms with Gasteiger partial charge in [0.25, 0.3) is 11.7 Å². The summed E-state index contributed by atoms with van der Waals surface area (Å²) in [5.41, 5.74) is 0.659. The number of fused-ring (bicyclic) bond motifs is 1. The molecule has 0 bridgehead atoms. The van der Waals surface area contributed by atoms with E-state index in [-0.39, 0.29) is 11.3 Å². The maximum atomic E-state index is 11.4. The van der Waals surface area contributed by atoms with Crippen LogP contribution in [0.15, 0.2) is 12.1 Å². The van der Waals surface area contributed by atoms with E-state index in [1.54, 1.807) is 12.1 Å². The lowest BCUT2D eigenvalue weighted by molar-refractivity contribution is -0.112. The van der Waals surface area contributed by atoms with Gasteiger partial charge in [0, 0.05) is 0 Å². The Morgan fingerprint density at radius 1 is 1.36 bits per heavy atom. The Balaban J connectivity index is 2.70. The zero-order valence-electron chi connectivity index (χ0n) is 7.26. The molecule has 0 unspecified atom stereocenters. The molecule has 2 rings (SSSR count). The molecule has 0 aromatic heterocycles. The van der Waals surface area contributed by atoms with Gasteiger partial charge in [0.1, 0.15) is 0 Å². The van der Waals surface area contributed by atoms with Crippen molar-refractivity contribution in [1.82, 2.24) is 0 Å². The standard InChI is InChI=1S/C9H6ClNO3/c1-14-8-4(10)2-3-5-6(8)7(12)9(13)11-5/h2-3H,1H3,(H,11,12,13). The summed E-state index contributed by atoms with van der Waals surface area (Å²) in [5.74, 6) is -1.02. The van der Waals surface area contributed by atoms with Gasteiger partial charge in [-0.15, -0.1) is 0 Å². The maximum absolute atomic E-state index is 11.4. The van der Waals surface area contributed by atoms with E-state index < -0.39 is 11.7 Å². The molecule has 1 aromatic carbocycles. The van der Waals surface area contributed by atoms with Crippen molar-refractivity contribution >= 4 is 29.0 Å². The maximum Gasteiger partial charge on any atom is 0.297 e. The van der Waals surface area contributed by atoms with Gasteiger partial charge in [0.2, 0.25) is 0 Å². The minimum atomic E-state index is -0.652. The number of methoxy groups -OCH3 is 1. The summed E-state index contributed by atoms with van der Waals surface area (Å²) in [6.07, 6.45) is 0. The van der Waals surface area contributed by atoms with E-state index in [0.29, 0.717) is 10.7 Å². The average Bonchev–Trinajstić information content (AvgIpc) is 2.45. The molecule has 0 atom stereocenters. The first-order valence-corrected chi connectivity index (χ1v) is 4.25. The molecule has 4 nitrogen and oxygen atoms in total. The van der Waals surface area contributed by atoms with Crippen LogP contribution in [0.25, 0.3) is 0 Å². The summed E-state index contributed by atoms with van der Waals surface area (Å²) in [6, 6.07) is 3.14. The predicted octanol–water partition coefficient (Wildman–Crippen LogP) is 1.48. The highest BCUT2D eigenvalue weighted by Crippen LogP contribution is 2.37. The zero-order chi connectivity index (χ0) is 10.3. The Labute approximate surface area is 84.8 Å². The van der Waals surface area contributed by atoms with Crippen LogP contribution in [0.5, 0.6) is 5.75 Å². The summed E-state index contributed by atoms with van der Waals surface area (Å²) in [6.45, 7) is 0. The average molecular weight is 212 g/mol. The lowest BCUT2D eigenvalue weighted by atomic mass is 10.1. The Kier molecular flexibility index (Phi) is 1.93. The number of ether oxygens (including phenoxy) is 1. The van der Waals surface area contributed by atoms with E-state index >= 15 is 0 Å². The lowest BCUT2D eigenvalue weighted by Gasteiger charge is -2.06. The van der Waals surface area contributed by atoms with Crippen molar-refractivity contribution in [1.29, 1.82) is 0 Å². The number of nitrogens with one attached hydrogen (secondary N) is 1. The van der Waals surface area contributed by atoms with E-state index in [4.69, 9.17) is 16.3 Å². The number of rotatable bonds is 1. The summed E-state index contributed by atoms with van der Waals surface area (Å²) in [4.78, 5) is 22.4. The third-order valence-corrected chi connectivity index (χ3v) is 2.29. The number of carbonyl (C=O) groups is 2. The fourth-order valence-electron chi connectivity index (χ4n) is 1.38. The molecule has 14 heavy (non-hydrogen) atoms. The second-order valence-electron chi connectivity index (χ2n) is 2.79.